The summed E-state index contributed by atoms with van der Waals surface area (Å²) in [6, 6.07) is 2.79. The normalized spacial score (nSPS) is 20.5. The van der Waals surface area contributed by atoms with Crippen LogP contribution >= 0.6 is 0 Å². The van der Waals surface area contributed by atoms with Gasteiger partial charge in [0, 0.05) is 16.7 Å². The van der Waals surface area contributed by atoms with Gasteiger partial charge in [0.05, 0.1) is 0 Å². The second-order valence-corrected chi connectivity index (χ2v) is 4.61. The van der Waals surface area contributed by atoms with Crippen LogP contribution in [0, 0.1) is 0 Å². The number of ether oxygens (including phenoxy) is 2. The van der Waals surface area contributed by atoms with E-state index in [9.17, 15) is 8.78 Å². The highest BCUT2D eigenvalue weighted by molar-refractivity contribution is 5.54. The lowest BCUT2D eigenvalue weighted by Crippen LogP contribution is -2.43. The number of benzene rings is 1. The Morgan fingerprint density at radius 2 is 2.00 bits per heavy atom. The highest BCUT2D eigenvalue weighted by Crippen LogP contribution is 2.49. The van der Waals surface area contributed by atoms with Crippen LogP contribution in [0.2, 0.25) is 0 Å². The summed E-state index contributed by atoms with van der Waals surface area (Å²) < 4.78 is 36.1. The monoisotopic (exact) mass is 241 g/mol. The van der Waals surface area contributed by atoms with Gasteiger partial charge in [-0.1, -0.05) is 0 Å². The first kappa shape index (κ1) is 10.8. The van der Waals surface area contributed by atoms with Gasteiger partial charge in [-0.05, 0) is 31.4 Å². The summed E-state index contributed by atoms with van der Waals surface area (Å²) in [5.41, 5.74) is 6.27. The maximum atomic E-state index is 12.8. The first-order chi connectivity index (χ1) is 8.10. The van der Waals surface area contributed by atoms with Gasteiger partial charge in [0.25, 0.3) is 6.43 Å². The first-order valence-corrected chi connectivity index (χ1v) is 5.61. The van der Waals surface area contributed by atoms with Crippen molar-refractivity contribution in [2.45, 2.75) is 31.2 Å². The van der Waals surface area contributed by atoms with Gasteiger partial charge in [0.2, 0.25) is 6.79 Å². The molecule has 5 heteroatoms. The van der Waals surface area contributed by atoms with E-state index in [-0.39, 0.29) is 12.4 Å². The summed E-state index contributed by atoms with van der Waals surface area (Å²) >= 11 is 0. The molecule has 0 unspecified atom stereocenters. The van der Waals surface area contributed by atoms with Crippen LogP contribution in [-0.2, 0) is 5.54 Å². The molecular weight excluding hydrogens is 228 g/mol. The molecule has 1 aliphatic carbocycles. The second kappa shape index (κ2) is 3.57. The first-order valence-electron chi connectivity index (χ1n) is 5.61. The molecule has 17 heavy (non-hydrogen) atoms. The molecule has 0 spiro atoms. The Hall–Kier alpha value is -1.36. The van der Waals surface area contributed by atoms with Gasteiger partial charge in [-0.25, -0.2) is 8.78 Å². The number of alkyl halides is 2. The Bertz CT molecular complexity index is 458. The molecule has 92 valence electrons. The summed E-state index contributed by atoms with van der Waals surface area (Å²) in [7, 11) is 0. The van der Waals surface area contributed by atoms with Crippen molar-refractivity contribution < 1.29 is 18.3 Å². The van der Waals surface area contributed by atoms with Crippen molar-refractivity contribution in [3.8, 4) is 11.5 Å². The van der Waals surface area contributed by atoms with Crippen LogP contribution in [0.25, 0.3) is 0 Å². The van der Waals surface area contributed by atoms with Gasteiger partial charge in [-0.2, -0.15) is 0 Å². The fourth-order valence-corrected chi connectivity index (χ4v) is 2.35. The van der Waals surface area contributed by atoms with E-state index < -0.39 is 12.0 Å². The van der Waals surface area contributed by atoms with Gasteiger partial charge in [-0.3, -0.25) is 0 Å². The number of nitrogens with two attached hydrogens (primary N) is 1. The summed E-state index contributed by atoms with van der Waals surface area (Å²) in [6.07, 6.45) is 0.0997. The zero-order valence-electron chi connectivity index (χ0n) is 9.21. The van der Waals surface area contributed by atoms with Crippen molar-refractivity contribution in [3.63, 3.8) is 0 Å². The molecule has 1 aliphatic heterocycles. The maximum Gasteiger partial charge on any atom is 0.263 e. The highest BCUT2D eigenvalue weighted by atomic mass is 19.3. The summed E-state index contributed by atoms with van der Waals surface area (Å²) in [5.74, 6) is 0.922. The number of fused-ring (bicyclic) bond motifs is 1. The van der Waals surface area contributed by atoms with E-state index in [1.165, 1.54) is 12.1 Å². The molecule has 1 heterocycles. The Labute approximate surface area is 97.5 Å². The molecular formula is C12H13F2NO2. The van der Waals surface area contributed by atoms with Gasteiger partial charge < -0.3 is 15.2 Å². The van der Waals surface area contributed by atoms with Crippen molar-refractivity contribution in [1.29, 1.82) is 0 Å². The lowest BCUT2D eigenvalue weighted by molar-refractivity contribution is 0.150. The van der Waals surface area contributed by atoms with E-state index in [1.807, 2.05) is 0 Å². The molecule has 1 saturated carbocycles. The van der Waals surface area contributed by atoms with Crippen molar-refractivity contribution in [2.24, 2.45) is 5.73 Å². The Balaban J connectivity index is 2.12. The Kier molecular flexibility index (Phi) is 2.26. The molecule has 1 aromatic rings. The average Bonchev–Trinajstić information content (AvgIpc) is 2.72. The molecule has 2 N–H and O–H groups in total. The second-order valence-electron chi connectivity index (χ2n) is 4.61. The molecule has 0 aromatic heterocycles. The van der Waals surface area contributed by atoms with Crippen molar-refractivity contribution in [1.82, 2.24) is 0 Å². The summed E-state index contributed by atoms with van der Waals surface area (Å²) in [6.45, 7) is 0.0745. The predicted molar refractivity (Wildman–Crippen MR) is 57.2 cm³/mol. The Morgan fingerprint density at radius 3 is 2.59 bits per heavy atom. The molecule has 3 rings (SSSR count). The smallest absolute Gasteiger partial charge is 0.263 e. The predicted octanol–water partition coefficient (Wildman–Crippen LogP) is 2.69. The topological polar surface area (TPSA) is 44.5 Å². The molecule has 2 aliphatic rings. The van der Waals surface area contributed by atoms with E-state index in [0.717, 1.165) is 19.3 Å². The van der Waals surface area contributed by atoms with Gasteiger partial charge in [-0.15, -0.1) is 0 Å². The van der Waals surface area contributed by atoms with Crippen LogP contribution in [0.15, 0.2) is 12.1 Å². The molecule has 0 radical (unpaired) electrons. The molecule has 0 bridgehead atoms. The Morgan fingerprint density at radius 1 is 1.24 bits per heavy atom. The van der Waals surface area contributed by atoms with Crippen LogP contribution in [-0.4, -0.2) is 6.79 Å². The fraction of sp³-hybridized carbons (Fsp3) is 0.500. The minimum atomic E-state index is -2.52. The van der Waals surface area contributed by atoms with Gasteiger partial charge in [0.1, 0.15) is 0 Å². The number of hydrogen-bond acceptors (Lipinski definition) is 3. The fourth-order valence-electron chi connectivity index (χ4n) is 2.35. The van der Waals surface area contributed by atoms with Crippen LogP contribution < -0.4 is 15.2 Å². The zero-order chi connectivity index (χ0) is 12.0. The third-order valence-electron chi connectivity index (χ3n) is 3.53. The lowest BCUT2D eigenvalue weighted by atomic mass is 9.72. The molecule has 0 saturated heterocycles. The third kappa shape index (κ3) is 1.57. The van der Waals surface area contributed by atoms with E-state index >= 15 is 0 Å². The number of hydrogen-bond donors (Lipinski definition) is 1. The lowest BCUT2D eigenvalue weighted by Gasteiger charge is -2.39. The highest BCUT2D eigenvalue weighted by Gasteiger charge is 2.39. The molecule has 0 atom stereocenters. The summed E-state index contributed by atoms with van der Waals surface area (Å²) in [4.78, 5) is 0. The van der Waals surface area contributed by atoms with E-state index in [4.69, 9.17) is 15.2 Å². The number of halogens is 2. The summed E-state index contributed by atoms with van der Waals surface area (Å²) in [5, 5.41) is 0. The molecule has 1 aromatic carbocycles. The molecule has 0 amide bonds. The average molecular weight is 241 g/mol. The standard InChI is InChI=1S/C12H13F2NO2/c13-11(14)7-4-8(12(15)2-1-3-12)10-9(5-7)16-6-17-10/h4-5,11H,1-3,6,15H2. The van der Waals surface area contributed by atoms with Crippen molar-refractivity contribution in [2.75, 3.05) is 6.79 Å². The van der Waals surface area contributed by atoms with E-state index in [1.54, 1.807) is 0 Å². The SMILES string of the molecule is NC1(c2cc(C(F)F)cc3c2OCO3)CCC1. The molecule has 1 fully saturated rings. The maximum absolute atomic E-state index is 12.8. The van der Waals surface area contributed by atoms with Crippen molar-refractivity contribution >= 4 is 0 Å². The molecule has 3 nitrogen and oxygen atoms in total. The van der Waals surface area contributed by atoms with Crippen LogP contribution in [0.1, 0.15) is 36.8 Å². The van der Waals surface area contributed by atoms with Crippen LogP contribution in [0.5, 0.6) is 11.5 Å². The van der Waals surface area contributed by atoms with Crippen LogP contribution in [0.4, 0.5) is 8.78 Å². The van der Waals surface area contributed by atoms with Gasteiger partial charge in [0.15, 0.2) is 11.5 Å². The van der Waals surface area contributed by atoms with Crippen molar-refractivity contribution in [3.05, 3.63) is 23.3 Å². The van der Waals surface area contributed by atoms with E-state index in [0.29, 0.717) is 17.1 Å². The minimum Gasteiger partial charge on any atom is -0.454 e. The third-order valence-corrected chi connectivity index (χ3v) is 3.53. The largest absolute Gasteiger partial charge is 0.454 e. The van der Waals surface area contributed by atoms with Crippen LogP contribution in [0.3, 0.4) is 0 Å². The zero-order valence-corrected chi connectivity index (χ0v) is 9.21. The minimum absolute atomic E-state index is 0.0547. The van der Waals surface area contributed by atoms with E-state index in [2.05, 4.69) is 0 Å². The number of rotatable bonds is 2. The van der Waals surface area contributed by atoms with Gasteiger partial charge >= 0.3 is 0 Å². The quantitative estimate of drug-likeness (QED) is 0.865.